The van der Waals surface area contributed by atoms with E-state index in [1.54, 1.807) is 11.3 Å². The van der Waals surface area contributed by atoms with Crippen molar-refractivity contribution in [3.05, 3.63) is 56.2 Å². The van der Waals surface area contributed by atoms with E-state index in [2.05, 4.69) is 43.4 Å². The highest BCUT2D eigenvalue weighted by Gasteiger charge is 2.02. The molecular formula is C14H16ClNS. The fraction of sp³-hybridized carbons (Fsp3) is 0.286. The number of thiophene rings is 1. The molecule has 0 spiro atoms. The van der Waals surface area contributed by atoms with Crippen molar-refractivity contribution in [2.45, 2.75) is 26.9 Å². The Morgan fingerprint density at radius 2 is 1.76 bits per heavy atom. The summed E-state index contributed by atoms with van der Waals surface area (Å²) in [5, 5.41) is 3.46. The average molecular weight is 266 g/mol. The zero-order chi connectivity index (χ0) is 12.3. The summed E-state index contributed by atoms with van der Waals surface area (Å²) in [5.41, 5.74) is 4.10. The van der Waals surface area contributed by atoms with Crippen LogP contribution in [0.15, 0.2) is 30.3 Å². The Morgan fingerprint density at radius 3 is 2.35 bits per heavy atom. The van der Waals surface area contributed by atoms with Gasteiger partial charge in [0.1, 0.15) is 0 Å². The van der Waals surface area contributed by atoms with Gasteiger partial charge in [0.25, 0.3) is 0 Å². The Morgan fingerprint density at radius 1 is 1.06 bits per heavy atom. The van der Waals surface area contributed by atoms with E-state index in [0.717, 1.165) is 17.4 Å². The summed E-state index contributed by atoms with van der Waals surface area (Å²) in [6.07, 6.45) is 0. The monoisotopic (exact) mass is 265 g/mol. The van der Waals surface area contributed by atoms with Gasteiger partial charge in [-0.05, 0) is 42.7 Å². The molecule has 0 saturated heterocycles. The number of nitrogens with one attached hydrogen (secondary N) is 1. The predicted molar refractivity (Wildman–Crippen MR) is 75.8 cm³/mol. The lowest BCUT2D eigenvalue weighted by atomic mass is 10.0. The molecule has 17 heavy (non-hydrogen) atoms. The van der Waals surface area contributed by atoms with Gasteiger partial charge in [-0.15, -0.1) is 11.3 Å². The van der Waals surface area contributed by atoms with Crippen molar-refractivity contribution in [1.29, 1.82) is 0 Å². The van der Waals surface area contributed by atoms with Crippen LogP contribution >= 0.6 is 22.9 Å². The first-order chi connectivity index (χ1) is 8.16. The van der Waals surface area contributed by atoms with Gasteiger partial charge in [-0.1, -0.05) is 29.8 Å². The van der Waals surface area contributed by atoms with Gasteiger partial charge in [0.15, 0.2) is 0 Å². The number of hydrogen-bond acceptors (Lipinski definition) is 2. The Hall–Kier alpha value is -0.830. The predicted octanol–water partition coefficient (Wildman–Crippen LogP) is 4.31. The lowest BCUT2D eigenvalue weighted by Crippen LogP contribution is -2.13. The van der Waals surface area contributed by atoms with E-state index < -0.39 is 0 Å². The molecule has 0 aliphatic heterocycles. The number of benzene rings is 1. The maximum atomic E-state index is 5.90. The van der Waals surface area contributed by atoms with Crippen LogP contribution in [0.1, 0.15) is 21.6 Å². The summed E-state index contributed by atoms with van der Waals surface area (Å²) in [7, 11) is 0. The summed E-state index contributed by atoms with van der Waals surface area (Å²) in [4.78, 5) is 1.28. The van der Waals surface area contributed by atoms with E-state index in [4.69, 9.17) is 11.6 Å². The Balaban J connectivity index is 1.94. The van der Waals surface area contributed by atoms with Crippen molar-refractivity contribution >= 4 is 22.9 Å². The molecule has 1 nitrogen and oxygen atoms in total. The molecule has 0 amide bonds. The topological polar surface area (TPSA) is 12.0 Å². The third-order valence-corrected chi connectivity index (χ3v) is 4.11. The second-order valence-electron chi connectivity index (χ2n) is 4.18. The number of hydrogen-bond donors (Lipinski definition) is 1. The third kappa shape index (κ3) is 3.32. The van der Waals surface area contributed by atoms with E-state index in [0.29, 0.717) is 0 Å². The van der Waals surface area contributed by atoms with Crippen LogP contribution in [0.2, 0.25) is 4.34 Å². The molecule has 0 atom stereocenters. The van der Waals surface area contributed by atoms with E-state index in [-0.39, 0.29) is 0 Å². The molecule has 3 heteroatoms. The van der Waals surface area contributed by atoms with Gasteiger partial charge in [-0.3, -0.25) is 0 Å². The quantitative estimate of drug-likeness (QED) is 0.869. The lowest BCUT2D eigenvalue weighted by molar-refractivity contribution is 0.695. The highest BCUT2D eigenvalue weighted by molar-refractivity contribution is 7.16. The van der Waals surface area contributed by atoms with Crippen LogP contribution in [0.5, 0.6) is 0 Å². The summed E-state index contributed by atoms with van der Waals surface area (Å²) in [6.45, 7) is 6.11. The van der Waals surface area contributed by atoms with Gasteiger partial charge in [0.05, 0.1) is 4.34 Å². The zero-order valence-corrected chi connectivity index (χ0v) is 11.7. The molecule has 0 saturated carbocycles. The summed E-state index contributed by atoms with van der Waals surface area (Å²) in [6, 6.07) is 10.4. The van der Waals surface area contributed by atoms with Crippen molar-refractivity contribution < 1.29 is 0 Å². The minimum absolute atomic E-state index is 0.855. The van der Waals surface area contributed by atoms with Crippen LogP contribution in [0.3, 0.4) is 0 Å². The van der Waals surface area contributed by atoms with E-state index >= 15 is 0 Å². The molecule has 90 valence electrons. The standard InChI is InChI=1S/C14H16ClNS/c1-10-4-3-5-11(2)13(10)9-16-8-12-6-7-14(15)17-12/h3-7,16H,8-9H2,1-2H3. The second kappa shape index (κ2) is 5.67. The highest BCUT2D eigenvalue weighted by Crippen LogP contribution is 2.21. The molecule has 1 aromatic carbocycles. The molecule has 0 aliphatic carbocycles. The molecule has 0 bridgehead atoms. The number of aryl methyl sites for hydroxylation is 2. The van der Waals surface area contributed by atoms with Gasteiger partial charge in [0, 0.05) is 18.0 Å². The van der Waals surface area contributed by atoms with E-state index in [1.807, 2.05) is 6.07 Å². The van der Waals surface area contributed by atoms with Gasteiger partial charge in [-0.25, -0.2) is 0 Å². The van der Waals surface area contributed by atoms with Crippen molar-refractivity contribution in [1.82, 2.24) is 5.32 Å². The maximum Gasteiger partial charge on any atom is 0.0931 e. The van der Waals surface area contributed by atoms with E-state index in [9.17, 15) is 0 Å². The molecule has 1 heterocycles. The molecule has 0 radical (unpaired) electrons. The Labute approximate surface area is 111 Å². The first-order valence-corrected chi connectivity index (χ1v) is 6.86. The van der Waals surface area contributed by atoms with Crippen molar-refractivity contribution in [3.8, 4) is 0 Å². The van der Waals surface area contributed by atoms with Crippen LogP contribution < -0.4 is 5.32 Å². The molecule has 0 unspecified atom stereocenters. The molecule has 1 N–H and O–H groups in total. The molecule has 0 fully saturated rings. The SMILES string of the molecule is Cc1cccc(C)c1CNCc1ccc(Cl)s1. The van der Waals surface area contributed by atoms with Crippen molar-refractivity contribution in [2.75, 3.05) is 0 Å². The number of rotatable bonds is 4. The Bertz CT molecular complexity index is 484. The van der Waals surface area contributed by atoms with Crippen molar-refractivity contribution in [3.63, 3.8) is 0 Å². The van der Waals surface area contributed by atoms with E-state index in [1.165, 1.54) is 21.6 Å². The molecule has 1 aromatic heterocycles. The summed E-state index contributed by atoms with van der Waals surface area (Å²) < 4.78 is 0.855. The zero-order valence-electron chi connectivity index (χ0n) is 10.1. The second-order valence-corrected chi connectivity index (χ2v) is 5.98. The minimum atomic E-state index is 0.855. The lowest BCUT2D eigenvalue weighted by Gasteiger charge is -2.10. The number of halogens is 1. The first-order valence-electron chi connectivity index (χ1n) is 5.67. The van der Waals surface area contributed by atoms with Crippen LogP contribution in [-0.4, -0.2) is 0 Å². The highest BCUT2D eigenvalue weighted by atomic mass is 35.5. The third-order valence-electron chi connectivity index (χ3n) is 2.87. The molecule has 2 rings (SSSR count). The minimum Gasteiger partial charge on any atom is -0.308 e. The van der Waals surface area contributed by atoms with Crippen LogP contribution in [0.25, 0.3) is 0 Å². The maximum absolute atomic E-state index is 5.90. The Kier molecular flexibility index (Phi) is 4.21. The fourth-order valence-corrected chi connectivity index (χ4v) is 2.94. The average Bonchev–Trinajstić information content (AvgIpc) is 2.69. The molecule has 2 aromatic rings. The normalized spacial score (nSPS) is 10.8. The summed E-state index contributed by atoms with van der Waals surface area (Å²) in [5.74, 6) is 0. The molecular weight excluding hydrogens is 250 g/mol. The van der Waals surface area contributed by atoms with Gasteiger partial charge in [-0.2, -0.15) is 0 Å². The van der Waals surface area contributed by atoms with Crippen molar-refractivity contribution in [2.24, 2.45) is 0 Å². The van der Waals surface area contributed by atoms with Gasteiger partial charge >= 0.3 is 0 Å². The smallest absolute Gasteiger partial charge is 0.0931 e. The van der Waals surface area contributed by atoms with Crippen LogP contribution in [-0.2, 0) is 13.1 Å². The van der Waals surface area contributed by atoms with Crippen LogP contribution in [0.4, 0.5) is 0 Å². The first kappa shape index (κ1) is 12.6. The van der Waals surface area contributed by atoms with Crippen LogP contribution in [0, 0.1) is 13.8 Å². The van der Waals surface area contributed by atoms with Gasteiger partial charge < -0.3 is 5.32 Å². The molecule has 0 aliphatic rings. The van der Waals surface area contributed by atoms with Gasteiger partial charge in [0.2, 0.25) is 0 Å². The largest absolute Gasteiger partial charge is 0.308 e. The summed E-state index contributed by atoms with van der Waals surface area (Å²) >= 11 is 7.53. The fourth-order valence-electron chi connectivity index (χ4n) is 1.89.